The number of aliphatic hydroxyl groups is 3. The van der Waals surface area contributed by atoms with Crippen LogP contribution in [0.3, 0.4) is 0 Å². The van der Waals surface area contributed by atoms with E-state index in [0.717, 1.165) is 0 Å². The first kappa shape index (κ1) is 12.8. The Morgan fingerprint density at radius 1 is 1.35 bits per heavy atom. The molecule has 1 aromatic rings. The molecule has 1 unspecified atom stereocenters. The second kappa shape index (κ2) is 4.92. The maximum atomic E-state index is 9.81. The molecule has 1 fully saturated rings. The van der Waals surface area contributed by atoms with E-state index in [-0.39, 0.29) is 11.4 Å². The normalized spacial score (nSPS) is 32.9. The maximum absolute atomic E-state index is 9.81. The molecule has 1 aliphatic rings. The Balaban J connectivity index is 2.35. The summed E-state index contributed by atoms with van der Waals surface area (Å²) in [7, 11) is 0. The van der Waals surface area contributed by atoms with E-state index >= 15 is 0 Å². The minimum atomic E-state index is -1.15. The van der Waals surface area contributed by atoms with Crippen molar-refractivity contribution < 1.29 is 20.1 Å². The number of aromatic amines is 1. The molecule has 1 saturated heterocycles. The van der Waals surface area contributed by atoms with Gasteiger partial charge in [-0.1, -0.05) is 12.2 Å². The molecule has 0 aromatic carbocycles. The first-order valence-electron chi connectivity index (χ1n) is 4.98. The average Bonchev–Trinajstić information content (AvgIpc) is 2.57. The zero-order chi connectivity index (χ0) is 12.6. The Bertz CT molecular complexity index is 514. The lowest BCUT2D eigenvalue weighted by Gasteiger charge is -2.18. The molecule has 17 heavy (non-hydrogen) atoms. The third kappa shape index (κ3) is 2.32. The van der Waals surface area contributed by atoms with E-state index in [4.69, 9.17) is 34.3 Å². The van der Waals surface area contributed by atoms with E-state index in [2.05, 4.69) is 4.98 Å². The van der Waals surface area contributed by atoms with Gasteiger partial charge in [-0.15, -0.1) is 0 Å². The highest BCUT2D eigenvalue weighted by atomic mass is 32.1. The monoisotopic (exact) mass is 276 g/mol. The minimum Gasteiger partial charge on any atom is -0.394 e. The molecule has 0 radical (unpaired) electrons. The lowest BCUT2D eigenvalue weighted by atomic mass is 10.1. The van der Waals surface area contributed by atoms with Crippen molar-refractivity contribution in [3.8, 4) is 0 Å². The minimum absolute atomic E-state index is 0.285. The lowest BCUT2D eigenvalue weighted by Crippen LogP contribution is -2.33. The van der Waals surface area contributed by atoms with Gasteiger partial charge in [-0.3, -0.25) is 4.57 Å². The van der Waals surface area contributed by atoms with E-state index in [9.17, 15) is 10.2 Å². The van der Waals surface area contributed by atoms with Crippen LogP contribution in [0.1, 0.15) is 6.23 Å². The molecule has 2 heterocycles. The molecule has 4 atom stereocenters. The molecule has 0 saturated carbocycles. The number of aromatic nitrogens is 2. The fourth-order valence-electron chi connectivity index (χ4n) is 1.74. The van der Waals surface area contributed by atoms with Crippen LogP contribution in [-0.2, 0) is 4.74 Å². The van der Waals surface area contributed by atoms with Crippen molar-refractivity contribution in [2.24, 2.45) is 0 Å². The summed E-state index contributed by atoms with van der Waals surface area (Å²) >= 11 is 9.95. The van der Waals surface area contributed by atoms with E-state index in [1.807, 2.05) is 0 Å². The highest BCUT2D eigenvalue weighted by Crippen LogP contribution is 2.28. The van der Waals surface area contributed by atoms with Crippen LogP contribution in [0, 0.1) is 9.41 Å². The summed E-state index contributed by atoms with van der Waals surface area (Å²) in [5.74, 6) is 0. The molecule has 0 aliphatic carbocycles. The van der Waals surface area contributed by atoms with Gasteiger partial charge < -0.3 is 25.0 Å². The lowest BCUT2D eigenvalue weighted by molar-refractivity contribution is -0.0541. The largest absolute Gasteiger partial charge is 0.394 e. The average molecular weight is 276 g/mol. The van der Waals surface area contributed by atoms with Gasteiger partial charge in [-0.05, 0) is 18.3 Å². The predicted octanol–water partition coefficient (Wildman–Crippen LogP) is -0.113. The SMILES string of the molecule is OC[C@@H]1O[C@H](n2ccc(=S)[nH]c2=S)C(O)[C@@H]1O. The standard InChI is InChI=1S/C9H12N2O4S2/c12-3-4-6(13)7(14)8(15-4)11-2-1-5(16)10-9(11)17/h1-2,4,6-8,12-14H,3H2,(H,10,16,17)/t4-,6+,7?,8-/m0/s1. The van der Waals surface area contributed by atoms with Crippen LogP contribution in [0.15, 0.2) is 12.3 Å². The molecule has 8 heteroatoms. The summed E-state index contributed by atoms with van der Waals surface area (Å²) in [6, 6.07) is 1.60. The molecule has 6 nitrogen and oxygen atoms in total. The van der Waals surface area contributed by atoms with E-state index in [1.165, 1.54) is 4.57 Å². The van der Waals surface area contributed by atoms with Gasteiger partial charge in [0.2, 0.25) is 0 Å². The zero-order valence-corrected chi connectivity index (χ0v) is 10.3. The van der Waals surface area contributed by atoms with Crippen molar-refractivity contribution >= 4 is 24.4 Å². The van der Waals surface area contributed by atoms with Crippen molar-refractivity contribution in [2.45, 2.75) is 24.5 Å². The van der Waals surface area contributed by atoms with Crippen LogP contribution < -0.4 is 0 Å². The second-order valence-corrected chi connectivity index (χ2v) is 4.57. The van der Waals surface area contributed by atoms with E-state index in [0.29, 0.717) is 4.64 Å². The smallest absolute Gasteiger partial charge is 0.180 e. The summed E-state index contributed by atoms with van der Waals surface area (Å²) in [5.41, 5.74) is 0. The number of H-pyrrole nitrogens is 1. The predicted molar refractivity (Wildman–Crippen MR) is 63.5 cm³/mol. The van der Waals surface area contributed by atoms with Crippen LogP contribution in [0.4, 0.5) is 0 Å². The van der Waals surface area contributed by atoms with Crippen molar-refractivity contribution in [3.63, 3.8) is 0 Å². The summed E-state index contributed by atoms with van der Waals surface area (Å²) in [4.78, 5) is 2.74. The molecule has 1 aliphatic heterocycles. The third-order valence-corrected chi connectivity index (χ3v) is 3.19. The molecule has 0 bridgehead atoms. The zero-order valence-electron chi connectivity index (χ0n) is 8.68. The summed E-state index contributed by atoms with van der Waals surface area (Å²) in [6.07, 6.45) is -2.37. The Hall–Kier alpha value is -0.640. The Morgan fingerprint density at radius 2 is 2.06 bits per heavy atom. The Kier molecular flexibility index (Phi) is 3.71. The number of hydrogen-bond acceptors (Lipinski definition) is 6. The number of aliphatic hydroxyl groups excluding tert-OH is 3. The molecule has 4 N–H and O–H groups in total. The van der Waals surface area contributed by atoms with Gasteiger partial charge in [0, 0.05) is 6.20 Å². The summed E-state index contributed by atoms with van der Waals surface area (Å²) in [6.45, 7) is -0.370. The van der Waals surface area contributed by atoms with Gasteiger partial charge in [0.25, 0.3) is 0 Å². The topological polar surface area (TPSA) is 90.6 Å². The number of rotatable bonds is 2. The quantitative estimate of drug-likeness (QED) is 0.563. The highest BCUT2D eigenvalue weighted by Gasteiger charge is 2.43. The fourth-order valence-corrected chi connectivity index (χ4v) is 2.23. The van der Waals surface area contributed by atoms with E-state index < -0.39 is 24.5 Å². The van der Waals surface area contributed by atoms with Gasteiger partial charge in [-0.25, -0.2) is 0 Å². The Labute approximate surface area is 107 Å². The molecular formula is C9H12N2O4S2. The van der Waals surface area contributed by atoms with Crippen LogP contribution >= 0.6 is 24.4 Å². The molecule has 94 valence electrons. The van der Waals surface area contributed by atoms with Gasteiger partial charge in [0.05, 0.1) is 6.61 Å². The van der Waals surface area contributed by atoms with Gasteiger partial charge in [0.15, 0.2) is 11.0 Å². The molecular weight excluding hydrogens is 264 g/mol. The molecule has 0 spiro atoms. The number of nitrogens with one attached hydrogen (secondary N) is 1. The first-order valence-corrected chi connectivity index (χ1v) is 5.80. The van der Waals surface area contributed by atoms with Gasteiger partial charge in [0.1, 0.15) is 23.0 Å². The fraction of sp³-hybridized carbons (Fsp3) is 0.556. The van der Waals surface area contributed by atoms with Crippen LogP contribution in [0.25, 0.3) is 0 Å². The van der Waals surface area contributed by atoms with Gasteiger partial charge in [-0.2, -0.15) is 0 Å². The molecule has 1 aromatic heterocycles. The van der Waals surface area contributed by atoms with Crippen molar-refractivity contribution in [1.29, 1.82) is 0 Å². The van der Waals surface area contributed by atoms with Crippen molar-refractivity contribution in [1.82, 2.24) is 9.55 Å². The Morgan fingerprint density at radius 3 is 2.59 bits per heavy atom. The highest BCUT2D eigenvalue weighted by molar-refractivity contribution is 7.72. The molecule has 0 amide bonds. The van der Waals surface area contributed by atoms with Crippen molar-refractivity contribution in [3.05, 3.63) is 21.7 Å². The maximum Gasteiger partial charge on any atom is 0.180 e. The van der Waals surface area contributed by atoms with E-state index in [1.54, 1.807) is 12.3 Å². The number of ether oxygens (including phenoxy) is 1. The van der Waals surface area contributed by atoms with Crippen LogP contribution in [0.5, 0.6) is 0 Å². The van der Waals surface area contributed by atoms with Crippen LogP contribution in [-0.4, -0.2) is 49.8 Å². The van der Waals surface area contributed by atoms with Gasteiger partial charge >= 0.3 is 0 Å². The van der Waals surface area contributed by atoms with Crippen LogP contribution in [0.2, 0.25) is 0 Å². The third-order valence-electron chi connectivity index (χ3n) is 2.64. The summed E-state index contributed by atoms with van der Waals surface area (Å²) in [5, 5.41) is 28.4. The first-order chi connectivity index (χ1) is 8.04. The second-order valence-electron chi connectivity index (χ2n) is 3.75. The number of hydrogen-bond donors (Lipinski definition) is 4. The molecule has 2 rings (SSSR count). The summed E-state index contributed by atoms with van der Waals surface area (Å²) < 4.78 is 7.54. The van der Waals surface area contributed by atoms with Crippen molar-refractivity contribution in [2.75, 3.05) is 6.61 Å². The number of nitrogens with zero attached hydrogens (tertiary/aromatic N) is 1.